The van der Waals surface area contributed by atoms with Crippen LogP contribution < -0.4 is 5.19 Å². The average Bonchev–Trinajstić information content (AvgIpc) is 2.37. The Balaban J connectivity index is 3.25. The summed E-state index contributed by atoms with van der Waals surface area (Å²) in [6.07, 6.45) is 0. The van der Waals surface area contributed by atoms with E-state index in [0.29, 0.717) is 6.61 Å². The molecule has 0 N–H and O–H groups in total. The molecule has 1 aromatic carbocycles. The van der Waals surface area contributed by atoms with Gasteiger partial charge in [0, 0.05) is 11.8 Å². The molecule has 0 atom stereocenters. The molecule has 4 nitrogen and oxygen atoms in total. The lowest BCUT2D eigenvalue weighted by Gasteiger charge is -2.38. The summed E-state index contributed by atoms with van der Waals surface area (Å²) in [4.78, 5) is 0. The maximum atomic E-state index is 6.54. The van der Waals surface area contributed by atoms with Crippen LogP contribution in [0.5, 0.6) is 0 Å². The Bertz CT molecular complexity index is 430. The molecule has 0 fully saturated rings. The predicted octanol–water partition coefficient (Wildman–Crippen LogP) is 3.12. The fourth-order valence-corrected chi connectivity index (χ4v) is 13.6. The third-order valence-electron chi connectivity index (χ3n) is 2.68. The summed E-state index contributed by atoms with van der Waals surface area (Å²) in [5.41, 5.74) is 0. The SMILES string of the molecule is CCO[Si](C)(C)O[Si](O[Si](C)C)(O[Si](C)C)c1ccccc1. The van der Waals surface area contributed by atoms with Crippen LogP contribution in [-0.4, -0.2) is 42.1 Å². The first-order valence-corrected chi connectivity index (χ1v) is 16.9. The van der Waals surface area contributed by atoms with Crippen molar-refractivity contribution in [2.75, 3.05) is 6.61 Å². The number of benzene rings is 1. The van der Waals surface area contributed by atoms with Crippen molar-refractivity contribution in [2.45, 2.75) is 46.2 Å². The molecule has 0 aromatic heterocycles. The molecule has 0 saturated carbocycles. The van der Waals surface area contributed by atoms with Crippen molar-refractivity contribution in [3.05, 3.63) is 30.3 Å². The van der Waals surface area contributed by atoms with Crippen LogP contribution in [0.2, 0.25) is 39.3 Å². The second kappa shape index (κ2) is 8.69. The molecule has 1 aromatic rings. The molecule has 22 heavy (non-hydrogen) atoms. The molecule has 124 valence electrons. The summed E-state index contributed by atoms with van der Waals surface area (Å²) >= 11 is 0. The van der Waals surface area contributed by atoms with Gasteiger partial charge < -0.3 is 16.8 Å². The van der Waals surface area contributed by atoms with Crippen LogP contribution >= 0.6 is 0 Å². The Morgan fingerprint density at radius 3 is 1.82 bits per heavy atom. The van der Waals surface area contributed by atoms with Gasteiger partial charge in [0.15, 0.2) is 18.1 Å². The van der Waals surface area contributed by atoms with Gasteiger partial charge in [0.25, 0.3) is 0 Å². The minimum Gasteiger partial charge on any atom is -0.413 e. The number of rotatable bonds is 9. The van der Waals surface area contributed by atoms with E-state index in [1.807, 2.05) is 25.1 Å². The molecule has 0 heterocycles. The molecule has 0 saturated heterocycles. The second-order valence-electron chi connectivity index (χ2n) is 5.88. The lowest BCUT2D eigenvalue weighted by Crippen LogP contribution is -2.65. The first-order chi connectivity index (χ1) is 10.2. The molecule has 1 rings (SSSR count). The summed E-state index contributed by atoms with van der Waals surface area (Å²) in [5.74, 6) is 0. The monoisotopic (exact) mass is 372 g/mol. The maximum absolute atomic E-state index is 6.54. The fourth-order valence-electron chi connectivity index (χ4n) is 2.12. The van der Waals surface area contributed by atoms with E-state index in [9.17, 15) is 0 Å². The van der Waals surface area contributed by atoms with Gasteiger partial charge in [-0.15, -0.1) is 0 Å². The van der Waals surface area contributed by atoms with Gasteiger partial charge in [-0.25, -0.2) is 0 Å². The smallest absolute Gasteiger partial charge is 0.413 e. The molecule has 2 radical (unpaired) electrons. The molecule has 0 aliphatic heterocycles. The number of hydrogen-bond acceptors (Lipinski definition) is 4. The van der Waals surface area contributed by atoms with Crippen molar-refractivity contribution in [1.29, 1.82) is 0 Å². The van der Waals surface area contributed by atoms with Gasteiger partial charge in [-0.1, -0.05) is 30.3 Å². The van der Waals surface area contributed by atoms with Crippen LogP contribution in [-0.2, 0) is 16.8 Å². The largest absolute Gasteiger partial charge is 0.507 e. The first-order valence-electron chi connectivity index (χ1n) is 7.59. The third kappa shape index (κ3) is 6.20. The van der Waals surface area contributed by atoms with Gasteiger partial charge >= 0.3 is 17.4 Å². The van der Waals surface area contributed by atoms with Gasteiger partial charge in [-0.05, 0) is 46.2 Å². The zero-order valence-electron chi connectivity index (χ0n) is 14.7. The molecule has 0 amide bonds. The summed E-state index contributed by atoms with van der Waals surface area (Å²) in [7, 11) is -7.20. The molecule has 0 spiro atoms. The Kier molecular flexibility index (Phi) is 7.89. The topological polar surface area (TPSA) is 36.9 Å². The third-order valence-corrected chi connectivity index (χ3v) is 13.2. The van der Waals surface area contributed by atoms with Crippen molar-refractivity contribution in [3.8, 4) is 0 Å². The van der Waals surface area contributed by atoms with E-state index in [-0.39, 0.29) is 0 Å². The van der Waals surface area contributed by atoms with E-state index >= 15 is 0 Å². The van der Waals surface area contributed by atoms with Crippen molar-refractivity contribution in [2.24, 2.45) is 0 Å². The van der Waals surface area contributed by atoms with Gasteiger partial charge in [0.2, 0.25) is 0 Å². The van der Waals surface area contributed by atoms with E-state index < -0.39 is 35.4 Å². The normalized spacial score (nSPS) is 13.1. The molecular formula is C14H28O4Si4. The van der Waals surface area contributed by atoms with Crippen molar-refractivity contribution < 1.29 is 16.8 Å². The molecule has 0 unspecified atom stereocenters. The highest BCUT2D eigenvalue weighted by Gasteiger charge is 2.50. The van der Waals surface area contributed by atoms with Gasteiger partial charge in [-0.3, -0.25) is 0 Å². The summed E-state index contributed by atoms with van der Waals surface area (Å²) in [6.45, 7) is 15.2. The van der Waals surface area contributed by atoms with E-state index in [0.717, 1.165) is 5.19 Å². The van der Waals surface area contributed by atoms with Gasteiger partial charge in [-0.2, -0.15) is 0 Å². The highest BCUT2D eigenvalue weighted by molar-refractivity contribution is 6.90. The molecule has 8 heteroatoms. The standard InChI is InChI=1S/C14H28O4Si4/c1-8-15-21(6,7)18-22(16-19(2)3,17-20(4)5)14-12-10-9-11-13-14/h9-13H,8H2,1-7H3. The Morgan fingerprint density at radius 2 is 1.41 bits per heavy atom. The minimum atomic E-state index is -2.94. The molecule has 0 aliphatic carbocycles. The second-order valence-corrected chi connectivity index (χ2v) is 16.7. The van der Waals surface area contributed by atoms with E-state index in [4.69, 9.17) is 16.8 Å². The summed E-state index contributed by atoms with van der Waals surface area (Å²) in [5, 5.41) is 1.03. The van der Waals surface area contributed by atoms with Crippen LogP contribution in [0.4, 0.5) is 0 Å². The van der Waals surface area contributed by atoms with Crippen molar-refractivity contribution in [3.63, 3.8) is 0 Å². The maximum Gasteiger partial charge on any atom is 0.507 e. The first kappa shape index (κ1) is 20.0. The van der Waals surface area contributed by atoms with Crippen molar-refractivity contribution >= 4 is 40.6 Å². The summed E-state index contributed by atoms with van der Waals surface area (Å²) < 4.78 is 25.2. The Hall–Kier alpha value is -0.0725. The Morgan fingerprint density at radius 1 is 0.909 bits per heavy atom. The van der Waals surface area contributed by atoms with Gasteiger partial charge in [0.1, 0.15) is 0 Å². The lowest BCUT2D eigenvalue weighted by atomic mass is 10.4. The molecule has 0 aliphatic rings. The van der Waals surface area contributed by atoms with Crippen LogP contribution in [0.15, 0.2) is 30.3 Å². The van der Waals surface area contributed by atoms with Crippen LogP contribution in [0.25, 0.3) is 0 Å². The van der Waals surface area contributed by atoms with E-state index in [2.05, 4.69) is 51.4 Å². The van der Waals surface area contributed by atoms with E-state index in [1.54, 1.807) is 0 Å². The predicted molar refractivity (Wildman–Crippen MR) is 99.2 cm³/mol. The van der Waals surface area contributed by atoms with Crippen LogP contribution in [0.3, 0.4) is 0 Å². The van der Waals surface area contributed by atoms with Crippen molar-refractivity contribution in [1.82, 2.24) is 0 Å². The van der Waals surface area contributed by atoms with Gasteiger partial charge in [0.05, 0.1) is 0 Å². The van der Waals surface area contributed by atoms with Crippen LogP contribution in [0, 0.1) is 0 Å². The molecular weight excluding hydrogens is 344 g/mol. The Labute approximate surface area is 140 Å². The zero-order chi connectivity index (χ0) is 16.8. The number of hydrogen-bond donors (Lipinski definition) is 0. The molecule has 0 bridgehead atoms. The fraction of sp³-hybridized carbons (Fsp3) is 0.571. The van der Waals surface area contributed by atoms with Crippen LogP contribution in [0.1, 0.15) is 6.92 Å². The highest BCUT2D eigenvalue weighted by Crippen LogP contribution is 2.20. The summed E-state index contributed by atoms with van der Waals surface area (Å²) in [6, 6.07) is 10.1. The minimum absolute atomic E-state index is 0.643. The lowest BCUT2D eigenvalue weighted by molar-refractivity contribution is 0.208. The van der Waals surface area contributed by atoms with E-state index in [1.165, 1.54) is 0 Å². The highest BCUT2D eigenvalue weighted by atomic mass is 28.5. The quantitative estimate of drug-likeness (QED) is 0.624. The zero-order valence-corrected chi connectivity index (χ0v) is 18.7. The average molecular weight is 373 g/mol.